The minimum Gasteiger partial charge on any atom is -0.820 e. The molecule has 0 amide bonds. The van der Waals surface area contributed by atoms with Gasteiger partial charge in [-0.3, -0.25) is 17.6 Å². The molecule has 1 saturated carbocycles. The van der Waals surface area contributed by atoms with Crippen molar-refractivity contribution in [2.45, 2.75) is 36.6 Å². The third-order valence-electron chi connectivity index (χ3n) is 3.10. The molecule has 0 unspecified atom stereocenters. The van der Waals surface area contributed by atoms with E-state index in [4.69, 9.17) is 0 Å². The lowest BCUT2D eigenvalue weighted by Crippen LogP contribution is -2.69. The quantitative estimate of drug-likeness (QED) is 0.0794. The molecule has 1 aliphatic rings. The molecule has 24 heteroatoms. The predicted octanol–water partition coefficient (Wildman–Crippen LogP) is -7.88. The normalized spacial score (nSPS) is 31.2. The van der Waals surface area contributed by atoms with Crippen LogP contribution in [-0.2, 0) is 63.1 Å². The Balaban J connectivity index is 3.70. The molecule has 0 aromatic rings. The van der Waals surface area contributed by atoms with Gasteiger partial charge in [-0.25, -0.2) is 30.1 Å². The van der Waals surface area contributed by atoms with Crippen molar-refractivity contribution in [3.05, 3.63) is 0 Å². The summed E-state index contributed by atoms with van der Waals surface area (Å²) in [4.78, 5) is 29.0. The smallest absolute Gasteiger partial charge is 0.218 e. The van der Waals surface area contributed by atoms with Crippen LogP contribution in [0.3, 0.4) is 0 Å². The molecule has 0 radical (unpaired) electrons. The summed E-state index contributed by atoms with van der Waals surface area (Å²) in [7, 11) is -22.0. The van der Waals surface area contributed by atoms with Crippen LogP contribution >= 0.6 is 8.60 Å². The summed E-state index contributed by atoms with van der Waals surface area (Å²) >= 11 is 0. The predicted molar refractivity (Wildman–Crippen MR) is 66.3 cm³/mol. The third kappa shape index (κ3) is 8.69. The largest absolute Gasteiger partial charge is 0.820 e. The Morgan fingerprint density at radius 3 is 1.27 bits per heavy atom. The Morgan fingerprint density at radius 1 is 0.600 bits per heavy atom. The summed E-state index contributed by atoms with van der Waals surface area (Å²) in [6.07, 6.45) is -17.3. The van der Waals surface area contributed by atoms with Crippen LogP contribution in [0.15, 0.2) is 0 Å². The summed E-state index contributed by atoms with van der Waals surface area (Å²) < 4.78 is 114. The van der Waals surface area contributed by atoms with E-state index in [-0.39, 0.29) is 0 Å². The van der Waals surface area contributed by atoms with E-state index in [0.29, 0.717) is 0 Å². The fourth-order valence-corrected chi connectivity index (χ4v) is 4.25. The number of hydrogen-bond donors (Lipinski definition) is 0. The summed E-state index contributed by atoms with van der Waals surface area (Å²) in [6, 6.07) is 0. The monoisotopic (exact) mass is 525 g/mol. The minimum atomic E-state index is -5.99. The van der Waals surface area contributed by atoms with Gasteiger partial charge in [0.2, 0.25) is 31.2 Å². The van der Waals surface area contributed by atoms with Crippen molar-refractivity contribution in [2.75, 3.05) is 0 Å². The molecule has 0 N–H and O–H groups in total. The highest BCUT2D eigenvalue weighted by atomic mass is 32.3. The van der Waals surface area contributed by atoms with Crippen LogP contribution in [0.5, 0.6) is 0 Å². The lowest BCUT2D eigenvalue weighted by molar-refractivity contribution is -0.812. The van der Waals surface area contributed by atoms with Crippen LogP contribution in [0, 0.1) is 0 Å². The first-order valence-electron chi connectivity index (χ1n) is 6.46. The van der Waals surface area contributed by atoms with Gasteiger partial charge in [0, 0.05) is 0 Å². The molecule has 30 heavy (non-hydrogen) atoms. The number of rotatable bonds is 11. The molecule has 0 aliphatic heterocycles. The maximum Gasteiger partial charge on any atom is 0.218 e. The van der Waals surface area contributed by atoms with Crippen LogP contribution in [0.25, 0.3) is 0 Å². The van der Waals surface area contributed by atoms with Gasteiger partial charge in [0.1, 0.15) is 30.5 Å². The SMILES string of the molecule is O=S(=O)([O-])O[C@@H]1[C@H](OO[O-])[C@@H](O[O-])[C@H](OS(=O)(=O)[O-])[C@@H](OP([O-])[O-])[C@@H]1OS(=O)(=O)[O-]. The number of hydrogen-bond acceptors (Lipinski definition) is 20. The van der Waals surface area contributed by atoms with Crippen LogP contribution < -0.4 is 20.3 Å². The fourth-order valence-electron chi connectivity index (χ4n) is 2.34. The average molecular weight is 525 g/mol. The van der Waals surface area contributed by atoms with Crippen LogP contribution in [0.1, 0.15) is 0 Å². The standard InChI is InChI=1S/C6H11O20PS3/c7-20-1-2(21-26-8)5(24-29(14,15)16)6(25-30(17,18)19)3(22-27(9)10)4(1)23-28(11,12)13/h1-8H,(H,11,12,13)(H,14,15,16)(H,17,18,19)/q-2/p-5/t1-,2-,3-,4+,5-,6+/m1/s1. The first-order valence-corrected chi connectivity index (χ1v) is 11.6. The van der Waals surface area contributed by atoms with Crippen LogP contribution in [-0.4, -0.2) is 75.5 Å². The van der Waals surface area contributed by atoms with Gasteiger partial charge in [0.05, 0.1) is 0 Å². The Bertz CT molecular complexity index is 864. The van der Waals surface area contributed by atoms with Gasteiger partial charge in [-0.05, 0) is 0 Å². The van der Waals surface area contributed by atoms with Gasteiger partial charge < -0.3 is 43.4 Å². The molecule has 20 nitrogen and oxygen atoms in total. The van der Waals surface area contributed by atoms with Crippen molar-refractivity contribution in [3.8, 4) is 0 Å². The average Bonchev–Trinajstić information content (AvgIpc) is 2.50. The van der Waals surface area contributed by atoms with Crippen molar-refractivity contribution >= 4 is 39.8 Å². The van der Waals surface area contributed by atoms with E-state index >= 15 is 0 Å². The molecule has 0 spiro atoms. The van der Waals surface area contributed by atoms with Crippen molar-refractivity contribution in [1.82, 2.24) is 0 Å². The van der Waals surface area contributed by atoms with Gasteiger partial charge in [-0.15, -0.1) is 0 Å². The molecule has 1 rings (SSSR count). The molecule has 0 heterocycles. The van der Waals surface area contributed by atoms with Crippen LogP contribution in [0.2, 0.25) is 0 Å². The summed E-state index contributed by atoms with van der Waals surface area (Å²) in [5.41, 5.74) is 0. The minimum absolute atomic E-state index is 2.79. The van der Waals surface area contributed by atoms with E-state index in [9.17, 15) is 59.2 Å². The Kier molecular flexibility index (Phi) is 9.77. The highest BCUT2D eigenvalue weighted by Crippen LogP contribution is 2.38. The topological polar surface area (TPSA) is 328 Å². The molecule has 1 aliphatic carbocycles. The van der Waals surface area contributed by atoms with E-state index < -0.39 is 76.4 Å². The second kappa shape index (κ2) is 10.6. The summed E-state index contributed by atoms with van der Waals surface area (Å²) in [6.45, 7) is 0. The van der Waals surface area contributed by atoms with E-state index in [1.807, 2.05) is 0 Å². The maximum absolute atomic E-state index is 11.0. The zero-order valence-electron chi connectivity index (χ0n) is 13.3. The van der Waals surface area contributed by atoms with E-state index in [1.165, 1.54) is 0 Å². The lowest BCUT2D eigenvalue weighted by Gasteiger charge is -2.51. The Morgan fingerprint density at radius 2 is 0.967 bits per heavy atom. The Hall–Kier alpha value is -0.280. The molecule has 180 valence electrons. The second-order valence-electron chi connectivity index (χ2n) is 4.89. The molecular weight excluding hydrogens is 519 g/mol. The maximum atomic E-state index is 11.0. The Labute approximate surface area is 168 Å². The van der Waals surface area contributed by atoms with E-state index in [2.05, 4.69) is 31.9 Å². The van der Waals surface area contributed by atoms with Crippen molar-refractivity contribution in [1.29, 1.82) is 0 Å². The molecule has 1 fully saturated rings. The lowest BCUT2D eigenvalue weighted by atomic mass is 9.85. The highest BCUT2D eigenvalue weighted by Gasteiger charge is 2.57. The van der Waals surface area contributed by atoms with Gasteiger partial charge in [0.15, 0.2) is 6.10 Å². The molecule has 0 saturated heterocycles. The first kappa shape index (κ1) is 27.8. The molecule has 0 aromatic carbocycles. The van der Waals surface area contributed by atoms with Crippen LogP contribution in [0.4, 0.5) is 0 Å². The summed E-state index contributed by atoms with van der Waals surface area (Å²) in [5, 5.41) is 24.1. The zero-order chi connectivity index (χ0) is 23.5. The molecule has 0 bridgehead atoms. The molecular formula is C6H6O20PS3-7. The van der Waals surface area contributed by atoms with Gasteiger partial charge >= 0.3 is 0 Å². The second-order valence-corrected chi connectivity index (χ2v) is 8.58. The van der Waals surface area contributed by atoms with Gasteiger partial charge in [-0.2, -0.15) is 8.60 Å². The van der Waals surface area contributed by atoms with Gasteiger partial charge in [0.25, 0.3) is 0 Å². The molecule has 6 atom stereocenters. The van der Waals surface area contributed by atoms with E-state index in [1.54, 1.807) is 0 Å². The first-order chi connectivity index (χ1) is 13.5. The molecule has 0 aromatic heterocycles. The van der Waals surface area contributed by atoms with Crippen molar-refractivity contribution < 1.29 is 91.1 Å². The fraction of sp³-hybridized carbons (Fsp3) is 1.00. The zero-order valence-corrected chi connectivity index (χ0v) is 16.6. The van der Waals surface area contributed by atoms with Gasteiger partial charge in [-0.1, -0.05) is 0 Å². The van der Waals surface area contributed by atoms with E-state index in [0.717, 1.165) is 0 Å². The summed E-state index contributed by atoms with van der Waals surface area (Å²) in [5.74, 6) is 0. The highest BCUT2D eigenvalue weighted by molar-refractivity contribution is 7.81. The van der Waals surface area contributed by atoms with Crippen molar-refractivity contribution in [2.24, 2.45) is 0 Å². The third-order valence-corrected chi connectivity index (χ3v) is 4.89. The van der Waals surface area contributed by atoms with Crippen molar-refractivity contribution in [3.63, 3.8) is 0 Å².